The molecule has 0 aromatic heterocycles. The number of nitrogens with zero attached hydrogens (tertiary/aromatic N) is 1. The summed E-state index contributed by atoms with van der Waals surface area (Å²) in [4.78, 5) is 12.1. The first-order valence-electron chi connectivity index (χ1n) is 7.43. The van der Waals surface area contributed by atoms with Crippen molar-refractivity contribution < 1.29 is 13.2 Å². The van der Waals surface area contributed by atoms with Crippen LogP contribution in [0.1, 0.15) is 24.1 Å². The second kappa shape index (κ2) is 7.68. The summed E-state index contributed by atoms with van der Waals surface area (Å²) in [7, 11) is -3.43. The molecule has 0 aliphatic carbocycles. The van der Waals surface area contributed by atoms with Crippen molar-refractivity contribution in [2.24, 2.45) is 0 Å². The number of anilines is 2. The lowest BCUT2D eigenvalue weighted by Gasteiger charge is -2.18. The number of carbonyl (C=O) groups is 1. The molecule has 2 aromatic rings. The van der Waals surface area contributed by atoms with Crippen LogP contribution in [0.25, 0.3) is 0 Å². The first kappa shape index (κ1) is 18.3. The predicted molar refractivity (Wildman–Crippen MR) is 96.6 cm³/mol. The molecule has 130 valence electrons. The van der Waals surface area contributed by atoms with E-state index in [1.165, 1.54) is 0 Å². The fraction of sp³-hybridized carbons (Fsp3) is 0.176. The van der Waals surface area contributed by atoms with E-state index in [-0.39, 0.29) is 0 Å². The van der Waals surface area contributed by atoms with Crippen LogP contribution in [0.15, 0.2) is 48.5 Å². The molecule has 0 radical (unpaired) electrons. The van der Waals surface area contributed by atoms with Crippen LogP contribution in [-0.2, 0) is 10.0 Å². The molecule has 2 amide bonds. The molecule has 0 fully saturated rings. The van der Waals surface area contributed by atoms with Crippen molar-refractivity contribution in [1.29, 1.82) is 5.26 Å². The lowest BCUT2D eigenvalue weighted by atomic mass is 10.1. The zero-order chi connectivity index (χ0) is 18.4. The molecular weight excluding hydrogens is 340 g/mol. The van der Waals surface area contributed by atoms with Gasteiger partial charge in [0.2, 0.25) is 10.0 Å². The Bertz CT molecular complexity index is 919. The third-order valence-electron chi connectivity index (χ3n) is 3.32. The fourth-order valence-corrected chi connectivity index (χ4v) is 2.86. The zero-order valence-electron chi connectivity index (χ0n) is 13.8. The number of benzene rings is 2. The molecular formula is C17H18N4O3S. The van der Waals surface area contributed by atoms with Gasteiger partial charge in [-0.3, -0.25) is 4.72 Å². The number of rotatable bonds is 5. The molecule has 7 nitrogen and oxygen atoms in total. The highest BCUT2D eigenvalue weighted by Gasteiger charge is 2.15. The first-order valence-corrected chi connectivity index (χ1v) is 9.32. The lowest BCUT2D eigenvalue weighted by Crippen LogP contribution is -2.31. The standard InChI is InChI=1S/C17H18N4O3S/c1-12(15-8-3-4-9-16(15)21-25(2,23)24)19-17(22)20-14-7-5-6-13(10-14)11-18/h3-10,12,21H,1-2H3,(H2,19,20,22). The molecule has 2 rings (SSSR count). The maximum absolute atomic E-state index is 12.1. The second-order valence-electron chi connectivity index (χ2n) is 5.47. The highest BCUT2D eigenvalue weighted by Crippen LogP contribution is 2.23. The fourth-order valence-electron chi connectivity index (χ4n) is 2.28. The number of hydrogen-bond acceptors (Lipinski definition) is 4. The van der Waals surface area contributed by atoms with Crippen LogP contribution in [0.2, 0.25) is 0 Å². The first-order chi connectivity index (χ1) is 11.8. The number of nitrogens with one attached hydrogen (secondary N) is 3. The van der Waals surface area contributed by atoms with Crippen LogP contribution < -0.4 is 15.4 Å². The smallest absolute Gasteiger partial charge is 0.319 e. The third kappa shape index (κ3) is 5.51. The molecule has 0 heterocycles. The molecule has 1 atom stereocenters. The summed E-state index contributed by atoms with van der Waals surface area (Å²) < 4.78 is 25.4. The van der Waals surface area contributed by atoms with Crippen molar-refractivity contribution in [2.45, 2.75) is 13.0 Å². The maximum atomic E-state index is 12.1. The molecule has 2 aromatic carbocycles. The number of carbonyl (C=O) groups excluding carboxylic acids is 1. The Morgan fingerprint density at radius 2 is 1.88 bits per heavy atom. The molecule has 0 saturated heterocycles. The van der Waals surface area contributed by atoms with Gasteiger partial charge >= 0.3 is 6.03 Å². The Morgan fingerprint density at radius 1 is 1.16 bits per heavy atom. The molecule has 0 bridgehead atoms. The molecule has 3 N–H and O–H groups in total. The maximum Gasteiger partial charge on any atom is 0.319 e. The molecule has 0 aliphatic rings. The van der Waals surface area contributed by atoms with Gasteiger partial charge in [0.05, 0.1) is 29.6 Å². The number of nitriles is 1. The highest BCUT2D eigenvalue weighted by atomic mass is 32.2. The highest BCUT2D eigenvalue weighted by molar-refractivity contribution is 7.92. The number of para-hydroxylation sites is 1. The quantitative estimate of drug-likeness (QED) is 0.763. The van der Waals surface area contributed by atoms with E-state index in [0.29, 0.717) is 22.5 Å². The van der Waals surface area contributed by atoms with E-state index in [1.54, 1.807) is 55.5 Å². The summed E-state index contributed by atoms with van der Waals surface area (Å²) >= 11 is 0. The van der Waals surface area contributed by atoms with Gasteiger partial charge in [0.15, 0.2) is 0 Å². The minimum Gasteiger partial charge on any atom is -0.331 e. The van der Waals surface area contributed by atoms with E-state index in [1.807, 2.05) is 6.07 Å². The summed E-state index contributed by atoms with van der Waals surface area (Å²) in [6.45, 7) is 1.74. The largest absolute Gasteiger partial charge is 0.331 e. The van der Waals surface area contributed by atoms with Crippen molar-refractivity contribution in [1.82, 2.24) is 5.32 Å². The van der Waals surface area contributed by atoms with Crippen molar-refractivity contribution in [2.75, 3.05) is 16.3 Å². The Labute approximate surface area is 146 Å². The van der Waals surface area contributed by atoms with Gasteiger partial charge in [-0.2, -0.15) is 5.26 Å². The Balaban J connectivity index is 2.10. The minimum atomic E-state index is -3.43. The van der Waals surface area contributed by atoms with Gasteiger partial charge in [0.1, 0.15) is 0 Å². The van der Waals surface area contributed by atoms with E-state index < -0.39 is 22.1 Å². The van der Waals surface area contributed by atoms with Crippen molar-refractivity contribution in [3.05, 3.63) is 59.7 Å². The van der Waals surface area contributed by atoms with Crippen molar-refractivity contribution >= 4 is 27.4 Å². The number of sulfonamides is 1. The topological polar surface area (TPSA) is 111 Å². The van der Waals surface area contributed by atoms with Crippen molar-refractivity contribution in [3.63, 3.8) is 0 Å². The van der Waals surface area contributed by atoms with E-state index >= 15 is 0 Å². The zero-order valence-corrected chi connectivity index (χ0v) is 14.6. The average molecular weight is 358 g/mol. The number of urea groups is 1. The molecule has 0 aliphatic heterocycles. The Morgan fingerprint density at radius 3 is 2.56 bits per heavy atom. The SMILES string of the molecule is CC(NC(=O)Nc1cccc(C#N)c1)c1ccccc1NS(C)(=O)=O. The van der Waals surface area contributed by atoms with Gasteiger partial charge in [0.25, 0.3) is 0 Å². The molecule has 8 heteroatoms. The van der Waals surface area contributed by atoms with Crippen LogP contribution in [0.4, 0.5) is 16.2 Å². The van der Waals surface area contributed by atoms with E-state index in [0.717, 1.165) is 6.26 Å². The van der Waals surface area contributed by atoms with Crippen LogP contribution in [0.5, 0.6) is 0 Å². The number of hydrogen-bond donors (Lipinski definition) is 3. The van der Waals surface area contributed by atoms with Gasteiger partial charge in [-0.1, -0.05) is 24.3 Å². The summed E-state index contributed by atoms with van der Waals surface area (Å²) in [5.41, 5.74) is 1.97. The normalized spacial score (nSPS) is 11.9. The van der Waals surface area contributed by atoms with Crippen LogP contribution >= 0.6 is 0 Å². The van der Waals surface area contributed by atoms with Crippen LogP contribution in [0.3, 0.4) is 0 Å². The lowest BCUT2D eigenvalue weighted by molar-refractivity contribution is 0.249. The second-order valence-corrected chi connectivity index (χ2v) is 7.22. The molecule has 0 saturated carbocycles. The predicted octanol–water partition coefficient (Wildman–Crippen LogP) is 2.81. The van der Waals surface area contributed by atoms with Crippen LogP contribution in [-0.4, -0.2) is 20.7 Å². The summed E-state index contributed by atoms with van der Waals surface area (Å²) in [6, 6.07) is 14.5. The van der Waals surface area contributed by atoms with Crippen LogP contribution in [0, 0.1) is 11.3 Å². The summed E-state index contributed by atoms with van der Waals surface area (Å²) in [6.07, 6.45) is 1.07. The monoisotopic (exact) mass is 358 g/mol. The van der Waals surface area contributed by atoms with E-state index in [2.05, 4.69) is 15.4 Å². The van der Waals surface area contributed by atoms with Gasteiger partial charge < -0.3 is 10.6 Å². The molecule has 1 unspecified atom stereocenters. The Kier molecular flexibility index (Phi) is 5.62. The van der Waals surface area contributed by atoms with Gasteiger partial charge in [0, 0.05) is 5.69 Å². The van der Waals surface area contributed by atoms with Gasteiger partial charge in [-0.05, 0) is 36.8 Å². The number of amides is 2. The summed E-state index contributed by atoms with van der Waals surface area (Å²) in [5, 5.41) is 14.3. The third-order valence-corrected chi connectivity index (χ3v) is 3.91. The molecule has 25 heavy (non-hydrogen) atoms. The van der Waals surface area contributed by atoms with Gasteiger partial charge in [-0.25, -0.2) is 13.2 Å². The van der Waals surface area contributed by atoms with E-state index in [4.69, 9.17) is 5.26 Å². The average Bonchev–Trinajstić information content (AvgIpc) is 2.53. The minimum absolute atomic E-state index is 0.407. The van der Waals surface area contributed by atoms with Crippen molar-refractivity contribution in [3.8, 4) is 6.07 Å². The Hall–Kier alpha value is -3.05. The summed E-state index contributed by atoms with van der Waals surface area (Å²) in [5.74, 6) is 0. The van der Waals surface area contributed by atoms with Gasteiger partial charge in [-0.15, -0.1) is 0 Å². The van der Waals surface area contributed by atoms with E-state index in [9.17, 15) is 13.2 Å². The molecule has 0 spiro atoms.